The van der Waals surface area contributed by atoms with E-state index in [0.717, 1.165) is 29.3 Å². The van der Waals surface area contributed by atoms with Crippen LogP contribution in [0, 0.1) is 22.9 Å². The van der Waals surface area contributed by atoms with E-state index < -0.39 is 29.2 Å². The number of nitro groups is 1. The first-order chi connectivity index (χ1) is 13.8. The maximum Gasteiger partial charge on any atom is 0.349 e. The van der Waals surface area contributed by atoms with Gasteiger partial charge < -0.3 is 10.1 Å². The van der Waals surface area contributed by atoms with Crippen LogP contribution in [-0.4, -0.2) is 23.4 Å². The van der Waals surface area contributed by atoms with Gasteiger partial charge in [-0.2, -0.15) is 0 Å². The van der Waals surface area contributed by atoms with Gasteiger partial charge in [0.1, 0.15) is 10.7 Å². The molecule has 0 aliphatic heterocycles. The molecule has 2 aromatic carbocycles. The second-order valence-corrected chi connectivity index (χ2v) is 6.99. The number of anilines is 1. The standard InChI is InChI=1S/C20H15FN2O5S/c1-12-2-4-13(5-3-12)15-8-9-29-19(15)20(25)28-11-18(24)22-17-10-14(23(26)27)6-7-16(17)21/h2-10H,11H2,1H3,(H,22,24). The SMILES string of the molecule is Cc1ccc(-c2ccsc2C(=O)OCC(=O)Nc2cc([N+](=O)[O-])ccc2F)cc1. The Morgan fingerprint density at radius 1 is 1.17 bits per heavy atom. The predicted octanol–water partition coefficient (Wildman–Crippen LogP) is 4.57. The van der Waals surface area contributed by atoms with Crippen molar-refractivity contribution in [2.24, 2.45) is 0 Å². The van der Waals surface area contributed by atoms with Gasteiger partial charge in [-0.15, -0.1) is 11.3 Å². The monoisotopic (exact) mass is 414 g/mol. The summed E-state index contributed by atoms with van der Waals surface area (Å²) in [6.45, 7) is 1.29. The molecule has 0 atom stereocenters. The topological polar surface area (TPSA) is 98.5 Å². The Hall–Kier alpha value is -3.59. The van der Waals surface area contributed by atoms with Crippen molar-refractivity contribution >= 4 is 34.6 Å². The zero-order chi connectivity index (χ0) is 21.0. The largest absolute Gasteiger partial charge is 0.451 e. The Balaban J connectivity index is 1.65. The molecular weight excluding hydrogens is 399 g/mol. The van der Waals surface area contributed by atoms with Crippen LogP contribution >= 0.6 is 11.3 Å². The summed E-state index contributed by atoms with van der Waals surface area (Å²) in [5.74, 6) is -2.34. The minimum atomic E-state index is -0.838. The lowest BCUT2D eigenvalue weighted by atomic mass is 10.1. The van der Waals surface area contributed by atoms with Crippen LogP contribution in [-0.2, 0) is 9.53 Å². The highest BCUT2D eigenvalue weighted by Gasteiger charge is 2.18. The number of benzene rings is 2. The summed E-state index contributed by atoms with van der Waals surface area (Å²) in [7, 11) is 0. The highest BCUT2D eigenvalue weighted by Crippen LogP contribution is 2.29. The van der Waals surface area contributed by atoms with Gasteiger partial charge in [-0.05, 0) is 30.0 Å². The van der Waals surface area contributed by atoms with Crippen molar-refractivity contribution in [3.63, 3.8) is 0 Å². The number of non-ortho nitro benzene ring substituents is 1. The van der Waals surface area contributed by atoms with E-state index in [-0.39, 0.29) is 11.4 Å². The first kappa shape index (κ1) is 20.2. The molecule has 0 spiro atoms. The third kappa shape index (κ3) is 4.82. The molecule has 0 aliphatic rings. The molecule has 29 heavy (non-hydrogen) atoms. The van der Waals surface area contributed by atoms with Crippen molar-refractivity contribution in [1.29, 1.82) is 0 Å². The first-order valence-electron chi connectivity index (χ1n) is 8.40. The molecule has 1 N–H and O–H groups in total. The molecule has 1 aromatic heterocycles. The van der Waals surface area contributed by atoms with Gasteiger partial charge in [0.25, 0.3) is 11.6 Å². The number of nitrogens with one attached hydrogen (secondary N) is 1. The van der Waals surface area contributed by atoms with E-state index >= 15 is 0 Å². The molecule has 1 amide bonds. The van der Waals surface area contributed by atoms with Crippen LogP contribution in [0.4, 0.5) is 15.8 Å². The summed E-state index contributed by atoms with van der Waals surface area (Å²) in [6, 6.07) is 12.1. The van der Waals surface area contributed by atoms with Gasteiger partial charge >= 0.3 is 5.97 Å². The molecule has 0 bridgehead atoms. The number of thiophene rings is 1. The molecule has 0 aliphatic carbocycles. The van der Waals surface area contributed by atoms with E-state index in [1.807, 2.05) is 31.2 Å². The lowest BCUT2D eigenvalue weighted by molar-refractivity contribution is -0.384. The molecule has 0 saturated heterocycles. The third-order valence-electron chi connectivity index (χ3n) is 3.98. The van der Waals surface area contributed by atoms with E-state index in [2.05, 4.69) is 5.32 Å². The molecule has 3 rings (SSSR count). The average molecular weight is 414 g/mol. The summed E-state index contributed by atoms with van der Waals surface area (Å²) in [5, 5.41) is 14.7. The molecule has 0 radical (unpaired) electrons. The van der Waals surface area contributed by atoms with Crippen LogP contribution in [0.3, 0.4) is 0 Å². The maximum atomic E-state index is 13.7. The summed E-state index contributed by atoms with van der Waals surface area (Å²) in [4.78, 5) is 34.8. The number of amides is 1. The van der Waals surface area contributed by atoms with Gasteiger partial charge in [0.05, 0.1) is 10.6 Å². The third-order valence-corrected chi connectivity index (χ3v) is 4.88. The molecule has 0 saturated carbocycles. The summed E-state index contributed by atoms with van der Waals surface area (Å²) in [6.07, 6.45) is 0. The number of nitro benzene ring substituents is 1. The number of carbonyl (C=O) groups is 2. The van der Waals surface area contributed by atoms with Crippen LogP contribution in [0.2, 0.25) is 0 Å². The van der Waals surface area contributed by atoms with E-state index in [9.17, 15) is 24.1 Å². The predicted molar refractivity (Wildman–Crippen MR) is 106 cm³/mol. The quantitative estimate of drug-likeness (QED) is 0.362. The summed E-state index contributed by atoms with van der Waals surface area (Å²) >= 11 is 1.18. The van der Waals surface area contributed by atoms with Gasteiger partial charge in [0, 0.05) is 17.7 Å². The number of nitrogens with zero attached hydrogens (tertiary/aromatic N) is 1. The van der Waals surface area contributed by atoms with Gasteiger partial charge in [-0.1, -0.05) is 29.8 Å². The molecule has 7 nitrogen and oxygen atoms in total. The van der Waals surface area contributed by atoms with Crippen molar-refractivity contribution in [2.45, 2.75) is 6.92 Å². The molecular formula is C20H15FN2O5S. The van der Waals surface area contributed by atoms with Gasteiger partial charge in [0.15, 0.2) is 6.61 Å². The Labute approximate surface area is 168 Å². The number of hydrogen-bond donors (Lipinski definition) is 1. The summed E-state index contributed by atoms with van der Waals surface area (Å²) < 4.78 is 18.8. The number of halogens is 1. The fourth-order valence-corrected chi connectivity index (χ4v) is 3.34. The van der Waals surface area contributed by atoms with Gasteiger partial charge in [0.2, 0.25) is 0 Å². The number of ether oxygens (including phenoxy) is 1. The molecule has 0 unspecified atom stereocenters. The maximum absolute atomic E-state index is 13.7. The minimum Gasteiger partial charge on any atom is -0.451 e. The lowest BCUT2D eigenvalue weighted by Crippen LogP contribution is -2.21. The average Bonchev–Trinajstić information content (AvgIpc) is 3.18. The van der Waals surface area contributed by atoms with Crippen LogP contribution in [0.25, 0.3) is 11.1 Å². The zero-order valence-corrected chi connectivity index (χ0v) is 16.0. The highest BCUT2D eigenvalue weighted by molar-refractivity contribution is 7.12. The smallest absolute Gasteiger partial charge is 0.349 e. The zero-order valence-electron chi connectivity index (χ0n) is 15.2. The number of aryl methyl sites for hydroxylation is 1. The fraction of sp³-hybridized carbons (Fsp3) is 0.100. The molecule has 3 aromatic rings. The molecule has 9 heteroatoms. The van der Waals surface area contributed by atoms with Gasteiger partial charge in [-0.3, -0.25) is 14.9 Å². The van der Waals surface area contributed by atoms with Crippen molar-refractivity contribution < 1.29 is 23.6 Å². The minimum absolute atomic E-state index is 0.336. The van der Waals surface area contributed by atoms with Crippen LogP contribution in [0.5, 0.6) is 0 Å². The first-order valence-corrected chi connectivity index (χ1v) is 9.28. The van der Waals surface area contributed by atoms with Crippen molar-refractivity contribution in [1.82, 2.24) is 0 Å². The van der Waals surface area contributed by atoms with Crippen molar-refractivity contribution in [2.75, 3.05) is 11.9 Å². The van der Waals surface area contributed by atoms with Crippen molar-refractivity contribution in [3.8, 4) is 11.1 Å². The fourth-order valence-electron chi connectivity index (χ4n) is 2.53. The molecule has 1 heterocycles. The molecule has 0 fully saturated rings. The highest BCUT2D eigenvalue weighted by atomic mass is 32.1. The number of rotatable bonds is 6. The van der Waals surface area contributed by atoms with E-state index in [1.165, 1.54) is 11.3 Å². The van der Waals surface area contributed by atoms with Crippen LogP contribution in [0.15, 0.2) is 53.9 Å². The lowest BCUT2D eigenvalue weighted by Gasteiger charge is -2.08. The number of esters is 1. The normalized spacial score (nSPS) is 10.4. The second kappa shape index (κ2) is 8.61. The van der Waals surface area contributed by atoms with E-state index in [1.54, 1.807) is 11.4 Å². The number of hydrogen-bond acceptors (Lipinski definition) is 6. The second-order valence-electron chi connectivity index (χ2n) is 6.07. The van der Waals surface area contributed by atoms with E-state index in [4.69, 9.17) is 4.74 Å². The van der Waals surface area contributed by atoms with Gasteiger partial charge in [-0.25, -0.2) is 9.18 Å². The van der Waals surface area contributed by atoms with Crippen LogP contribution < -0.4 is 5.32 Å². The van der Waals surface area contributed by atoms with Crippen molar-refractivity contribution in [3.05, 3.63) is 80.3 Å². The Morgan fingerprint density at radius 3 is 2.59 bits per heavy atom. The number of carbonyl (C=O) groups excluding carboxylic acids is 2. The summed E-state index contributed by atoms with van der Waals surface area (Å²) in [5.41, 5.74) is 1.87. The Kier molecular flexibility index (Phi) is 5.99. The Morgan fingerprint density at radius 2 is 1.90 bits per heavy atom. The van der Waals surface area contributed by atoms with E-state index in [0.29, 0.717) is 10.4 Å². The Bertz CT molecular complexity index is 1080. The van der Waals surface area contributed by atoms with Crippen LogP contribution in [0.1, 0.15) is 15.2 Å². The molecule has 148 valence electrons.